The highest BCUT2D eigenvalue weighted by Gasteiger charge is 2.13. The van der Waals surface area contributed by atoms with Crippen molar-refractivity contribution in [3.63, 3.8) is 0 Å². The van der Waals surface area contributed by atoms with Gasteiger partial charge in [-0.05, 0) is 12.8 Å². The molecular weight excluding hydrogens is 156 g/mol. The lowest BCUT2D eigenvalue weighted by atomic mass is 9.97. The van der Waals surface area contributed by atoms with Crippen LogP contribution in [0.3, 0.4) is 0 Å². The van der Waals surface area contributed by atoms with Crippen molar-refractivity contribution >= 4 is 11.8 Å². The van der Waals surface area contributed by atoms with Crippen LogP contribution in [-0.4, -0.2) is 18.9 Å². The van der Waals surface area contributed by atoms with Crippen LogP contribution in [0.5, 0.6) is 0 Å². The number of rotatable bonds is 5. The van der Waals surface area contributed by atoms with E-state index in [1.54, 1.807) is 6.92 Å². The van der Waals surface area contributed by atoms with Crippen LogP contribution in [0.2, 0.25) is 0 Å². The van der Waals surface area contributed by atoms with Crippen molar-refractivity contribution in [2.45, 2.75) is 33.1 Å². The number of methoxy groups -OCH3 is 1. The highest BCUT2D eigenvalue weighted by atomic mass is 16.5. The standard InChI is InChI=1S/C9H16O3/c1-4-8(5-7(2)10)6-9(11)12-3/h8H,4-6H2,1-3H3. The van der Waals surface area contributed by atoms with E-state index in [0.29, 0.717) is 12.8 Å². The van der Waals surface area contributed by atoms with Gasteiger partial charge in [-0.25, -0.2) is 0 Å². The molecule has 70 valence electrons. The van der Waals surface area contributed by atoms with E-state index in [1.807, 2.05) is 6.92 Å². The van der Waals surface area contributed by atoms with E-state index in [1.165, 1.54) is 7.11 Å². The molecule has 0 spiro atoms. The number of ether oxygens (including phenoxy) is 1. The van der Waals surface area contributed by atoms with Crippen LogP contribution in [0.1, 0.15) is 33.1 Å². The van der Waals surface area contributed by atoms with Gasteiger partial charge in [0.25, 0.3) is 0 Å². The largest absolute Gasteiger partial charge is 0.469 e. The number of Topliss-reactive ketones (excluding diaryl/α,β-unsaturated/α-hetero) is 1. The minimum atomic E-state index is -0.233. The van der Waals surface area contributed by atoms with E-state index < -0.39 is 0 Å². The molecular formula is C9H16O3. The number of ketones is 1. The molecule has 0 bridgehead atoms. The zero-order chi connectivity index (χ0) is 9.56. The predicted molar refractivity (Wildman–Crippen MR) is 45.7 cm³/mol. The first-order chi connectivity index (χ1) is 5.60. The van der Waals surface area contributed by atoms with E-state index in [2.05, 4.69) is 4.74 Å². The zero-order valence-corrected chi connectivity index (χ0v) is 7.92. The maximum atomic E-state index is 10.8. The molecule has 0 aliphatic heterocycles. The summed E-state index contributed by atoms with van der Waals surface area (Å²) < 4.78 is 4.51. The second-order valence-electron chi connectivity index (χ2n) is 2.96. The Morgan fingerprint density at radius 3 is 2.25 bits per heavy atom. The maximum Gasteiger partial charge on any atom is 0.305 e. The molecule has 0 fully saturated rings. The predicted octanol–water partition coefficient (Wildman–Crippen LogP) is 1.55. The van der Waals surface area contributed by atoms with Gasteiger partial charge in [-0.15, -0.1) is 0 Å². The smallest absolute Gasteiger partial charge is 0.305 e. The molecule has 0 aliphatic rings. The second kappa shape index (κ2) is 5.75. The molecule has 0 aromatic carbocycles. The first kappa shape index (κ1) is 11.1. The topological polar surface area (TPSA) is 43.4 Å². The van der Waals surface area contributed by atoms with Gasteiger partial charge in [0.1, 0.15) is 5.78 Å². The van der Waals surface area contributed by atoms with Crippen LogP contribution in [-0.2, 0) is 14.3 Å². The fourth-order valence-electron chi connectivity index (χ4n) is 1.09. The number of carbonyl (C=O) groups is 2. The Balaban J connectivity index is 3.82. The van der Waals surface area contributed by atoms with Gasteiger partial charge in [-0.3, -0.25) is 4.79 Å². The van der Waals surface area contributed by atoms with Gasteiger partial charge in [0.2, 0.25) is 0 Å². The van der Waals surface area contributed by atoms with E-state index in [-0.39, 0.29) is 17.7 Å². The highest BCUT2D eigenvalue weighted by Crippen LogP contribution is 2.13. The molecule has 12 heavy (non-hydrogen) atoms. The summed E-state index contributed by atoms with van der Waals surface area (Å²) in [5.41, 5.74) is 0. The Bertz CT molecular complexity index is 163. The molecule has 0 aliphatic carbocycles. The Kier molecular flexibility index (Phi) is 5.34. The van der Waals surface area contributed by atoms with Crippen molar-refractivity contribution in [2.24, 2.45) is 5.92 Å². The van der Waals surface area contributed by atoms with Gasteiger partial charge < -0.3 is 9.53 Å². The third kappa shape index (κ3) is 4.88. The molecule has 0 rings (SSSR count). The first-order valence-electron chi connectivity index (χ1n) is 4.16. The lowest BCUT2D eigenvalue weighted by Gasteiger charge is -2.10. The third-order valence-electron chi connectivity index (χ3n) is 1.84. The molecule has 0 aromatic heterocycles. The third-order valence-corrected chi connectivity index (χ3v) is 1.84. The average Bonchev–Trinajstić information content (AvgIpc) is 2.02. The van der Waals surface area contributed by atoms with Gasteiger partial charge >= 0.3 is 5.97 Å². The number of esters is 1. The summed E-state index contributed by atoms with van der Waals surface area (Å²) in [5, 5.41) is 0. The van der Waals surface area contributed by atoms with E-state index in [0.717, 1.165) is 6.42 Å². The lowest BCUT2D eigenvalue weighted by molar-refractivity contribution is -0.141. The first-order valence-corrected chi connectivity index (χ1v) is 4.16. The van der Waals surface area contributed by atoms with Crippen molar-refractivity contribution in [3.05, 3.63) is 0 Å². The minimum absolute atomic E-state index is 0.130. The molecule has 0 aromatic rings. The molecule has 0 saturated carbocycles. The fourth-order valence-corrected chi connectivity index (χ4v) is 1.09. The molecule has 0 N–H and O–H groups in total. The zero-order valence-electron chi connectivity index (χ0n) is 7.92. The monoisotopic (exact) mass is 172 g/mol. The van der Waals surface area contributed by atoms with Gasteiger partial charge in [0.05, 0.1) is 7.11 Å². The molecule has 0 radical (unpaired) electrons. The molecule has 3 heteroatoms. The highest BCUT2D eigenvalue weighted by molar-refractivity contribution is 5.77. The fraction of sp³-hybridized carbons (Fsp3) is 0.778. The van der Waals surface area contributed by atoms with Crippen LogP contribution in [0.25, 0.3) is 0 Å². The van der Waals surface area contributed by atoms with Crippen molar-refractivity contribution in [3.8, 4) is 0 Å². The molecule has 3 nitrogen and oxygen atoms in total. The van der Waals surface area contributed by atoms with Crippen molar-refractivity contribution in [2.75, 3.05) is 7.11 Å². The van der Waals surface area contributed by atoms with Gasteiger partial charge in [0, 0.05) is 12.8 Å². The van der Waals surface area contributed by atoms with Gasteiger partial charge in [-0.2, -0.15) is 0 Å². The summed E-state index contributed by atoms with van der Waals surface area (Å²) in [6, 6.07) is 0. The van der Waals surface area contributed by atoms with Crippen LogP contribution < -0.4 is 0 Å². The number of carbonyl (C=O) groups excluding carboxylic acids is 2. The Labute approximate surface area is 73.1 Å². The number of hydrogen-bond donors (Lipinski definition) is 0. The van der Waals surface area contributed by atoms with Crippen LogP contribution in [0.15, 0.2) is 0 Å². The van der Waals surface area contributed by atoms with Crippen LogP contribution >= 0.6 is 0 Å². The van der Waals surface area contributed by atoms with Gasteiger partial charge in [-0.1, -0.05) is 13.3 Å². The van der Waals surface area contributed by atoms with Gasteiger partial charge in [0.15, 0.2) is 0 Å². The SMILES string of the molecule is CCC(CC(C)=O)CC(=O)OC. The molecule has 0 saturated heterocycles. The quantitative estimate of drug-likeness (QED) is 0.591. The van der Waals surface area contributed by atoms with Crippen molar-refractivity contribution in [1.29, 1.82) is 0 Å². The molecule has 0 heterocycles. The molecule has 0 amide bonds. The van der Waals surface area contributed by atoms with E-state index in [4.69, 9.17) is 0 Å². The summed E-state index contributed by atoms with van der Waals surface area (Å²) in [5.74, 6) is 0.0452. The Hall–Kier alpha value is -0.860. The Morgan fingerprint density at radius 2 is 1.92 bits per heavy atom. The van der Waals surface area contributed by atoms with E-state index >= 15 is 0 Å². The average molecular weight is 172 g/mol. The summed E-state index contributed by atoms with van der Waals surface area (Å²) in [4.78, 5) is 21.6. The van der Waals surface area contributed by atoms with E-state index in [9.17, 15) is 9.59 Å². The van der Waals surface area contributed by atoms with Crippen molar-refractivity contribution in [1.82, 2.24) is 0 Å². The normalized spacial score (nSPS) is 12.2. The minimum Gasteiger partial charge on any atom is -0.469 e. The summed E-state index contributed by atoms with van der Waals surface area (Å²) in [6.07, 6.45) is 1.67. The Morgan fingerprint density at radius 1 is 1.33 bits per heavy atom. The summed E-state index contributed by atoms with van der Waals surface area (Å²) in [7, 11) is 1.36. The lowest BCUT2D eigenvalue weighted by Crippen LogP contribution is -2.12. The summed E-state index contributed by atoms with van der Waals surface area (Å²) in [6.45, 7) is 3.51. The maximum absolute atomic E-state index is 10.8. The van der Waals surface area contributed by atoms with Crippen molar-refractivity contribution < 1.29 is 14.3 Å². The van der Waals surface area contributed by atoms with Crippen LogP contribution in [0.4, 0.5) is 0 Å². The summed E-state index contributed by atoms with van der Waals surface area (Å²) >= 11 is 0. The van der Waals surface area contributed by atoms with Crippen LogP contribution in [0, 0.1) is 5.92 Å². The second-order valence-corrected chi connectivity index (χ2v) is 2.96. The molecule has 1 atom stereocenters. The number of hydrogen-bond acceptors (Lipinski definition) is 3. The molecule has 1 unspecified atom stereocenters.